The zero-order valence-corrected chi connectivity index (χ0v) is 23.4. The molecular formula is C30H41FN4O3S. The maximum atomic E-state index is 16.1. The number of amides is 1. The van der Waals surface area contributed by atoms with Crippen molar-refractivity contribution in [3.63, 3.8) is 0 Å². The average Bonchev–Trinajstić information content (AvgIpc) is 3.60. The summed E-state index contributed by atoms with van der Waals surface area (Å²) in [5, 5.41) is 5.01. The van der Waals surface area contributed by atoms with Crippen LogP contribution < -0.4 is 11.1 Å². The van der Waals surface area contributed by atoms with Crippen LogP contribution in [0.5, 0.6) is 0 Å². The first-order valence-electron chi connectivity index (χ1n) is 15.1. The Morgan fingerprint density at radius 3 is 2.72 bits per heavy atom. The number of carbonyl (C=O) groups is 2. The van der Waals surface area contributed by atoms with Crippen molar-refractivity contribution in [2.45, 2.75) is 100 Å². The summed E-state index contributed by atoms with van der Waals surface area (Å²) >= 11 is 1.66. The van der Waals surface area contributed by atoms with E-state index in [1.807, 2.05) is 17.6 Å². The Morgan fingerprint density at radius 1 is 1.15 bits per heavy atom. The maximum Gasteiger partial charge on any atom is 0.256 e. The Labute approximate surface area is 234 Å². The molecule has 2 saturated heterocycles. The summed E-state index contributed by atoms with van der Waals surface area (Å²) in [6.45, 7) is 1.91. The largest absolute Gasteiger partial charge is 0.369 e. The molecule has 10 atom stereocenters. The predicted molar refractivity (Wildman–Crippen MR) is 148 cm³/mol. The number of alkyl halides is 1. The Bertz CT molecular complexity index is 1110. The number of halogens is 1. The summed E-state index contributed by atoms with van der Waals surface area (Å²) < 4.78 is 23.0. The second-order valence-electron chi connectivity index (χ2n) is 12.8. The lowest BCUT2D eigenvalue weighted by atomic mass is 9.64. The maximum absolute atomic E-state index is 16.1. The van der Waals surface area contributed by atoms with Gasteiger partial charge in [-0.1, -0.05) is 31.7 Å². The highest BCUT2D eigenvalue weighted by molar-refractivity contribution is 7.09. The third kappa shape index (κ3) is 4.67. The van der Waals surface area contributed by atoms with Gasteiger partial charge in [0.2, 0.25) is 0 Å². The van der Waals surface area contributed by atoms with Crippen LogP contribution in [-0.4, -0.2) is 83.7 Å². The van der Waals surface area contributed by atoms with Gasteiger partial charge in [-0.05, 0) is 55.4 Å². The number of rotatable bonds is 5. The number of Topliss-reactive ketones (excluding diaryl/α,β-unsaturated/α-hetero) is 1. The molecule has 7 rings (SSSR count). The number of ketones is 1. The second-order valence-corrected chi connectivity index (χ2v) is 13.8. The minimum atomic E-state index is -1.18. The molecule has 10 unspecified atom stereocenters. The number of fused-ring (bicyclic) bond motifs is 3. The van der Waals surface area contributed by atoms with Gasteiger partial charge in [-0.2, -0.15) is 0 Å². The number of hydrogen-bond donors (Lipinski definition) is 2. The molecule has 0 bridgehead atoms. The summed E-state index contributed by atoms with van der Waals surface area (Å²) in [7, 11) is 0. The molecular weight excluding hydrogens is 515 g/mol. The highest BCUT2D eigenvalue weighted by atomic mass is 32.1. The van der Waals surface area contributed by atoms with Crippen molar-refractivity contribution < 1.29 is 18.7 Å². The van der Waals surface area contributed by atoms with E-state index in [9.17, 15) is 9.59 Å². The number of morpholine rings is 1. The number of thiophene rings is 1. The molecule has 1 aromatic rings. The Morgan fingerprint density at radius 2 is 1.97 bits per heavy atom. The van der Waals surface area contributed by atoms with Gasteiger partial charge in [-0.15, -0.1) is 11.3 Å². The van der Waals surface area contributed by atoms with Crippen LogP contribution in [0.4, 0.5) is 4.39 Å². The standard InChI is InChI=1S/C30H41FN4O3S/c31-23-14-21-26-29(27(23)34-10-8-19(32)15-34)38-25-13-18-5-2-1-4-17(18)12-24(25)35(26)16-22(28(21)36)30(37)33-9-7-20-6-3-11-39-20/h3,6,11,16-19,21,23-27,29H,1-2,4-5,7-10,12-15,32H2,(H,33,37). The highest BCUT2D eigenvalue weighted by Gasteiger charge is 2.60. The lowest BCUT2D eigenvalue weighted by Gasteiger charge is -2.61. The number of likely N-dealkylation sites (tertiary alicyclic amines) is 1. The molecule has 0 aromatic carbocycles. The van der Waals surface area contributed by atoms with Gasteiger partial charge in [-0.3, -0.25) is 14.5 Å². The van der Waals surface area contributed by atoms with Crippen LogP contribution in [0.25, 0.3) is 0 Å². The number of nitrogens with two attached hydrogens (primary N) is 1. The summed E-state index contributed by atoms with van der Waals surface area (Å²) in [6.07, 6.45) is 9.08. The highest BCUT2D eigenvalue weighted by Crippen LogP contribution is 2.50. The van der Waals surface area contributed by atoms with E-state index in [1.54, 1.807) is 11.3 Å². The van der Waals surface area contributed by atoms with Crippen LogP contribution in [-0.2, 0) is 20.7 Å². The van der Waals surface area contributed by atoms with E-state index in [0.717, 1.165) is 32.2 Å². The molecule has 1 amide bonds. The molecule has 3 saturated carbocycles. The molecule has 4 heterocycles. The SMILES string of the molecule is NC1CCN(C2C(F)CC3C(=O)C(C(=O)NCCc4cccs4)=CN4C5CC6CCCCC6CC5OC2C34)C1. The monoisotopic (exact) mass is 556 g/mol. The summed E-state index contributed by atoms with van der Waals surface area (Å²) in [5.41, 5.74) is 6.43. The molecule has 1 aromatic heterocycles. The lowest BCUT2D eigenvalue weighted by Crippen LogP contribution is -2.73. The number of nitrogens with zero attached hydrogens (tertiary/aromatic N) is 2. The molecule has 9 heteroatoms. The minimum Gasteiger partial charge on any atom is -0.369 e. The fraction of sp³-hybridized carbons (Fsp3) is 0.733. The van der Waals surface area contributed by atoms with Crippen LogP contribution in [0.1, 0.15) is 56.2 Å². The van der Waals surface area contributed by atoms with Crippen LogP contribution in [0.3, 0.4) is 0 Å². The van der Waals surface area contributed by atoms with Gasteiger partial charge in [0.05, 0.1) is 35.9 Å². The van der Waals surface area contributed by atoms with Crippen molar-refractivity contribution in [2.24, 2.45) is 23.5 Å². The van der Waals surface area contributed by atoms with Crippen molar-refractivity contribution in [3.8, 4) is 0 Å². The zero-order valence-electron chi connectivity index (χ0n) is 22.6. The number of carbonyl (C=O) groups excluding carboxylic acids is 2. The molecule has 3 aliphatic carbocycles. The van der Waals surface area contributed by atoms with Crippen molar-refractivity contribution in [3.05, 3.63) is 34.2 Å². The number of ether oxygens (including phenoxy) is 1. The molecule has 5 fully saturated rings. The summed E-state index contributed by atoms with van der Waals surface area (Å²) in [4.78, 5) is 32.9. The summed E-state index contributed by atoms with van der Waals surface area (Å²) in [5.74, 6) is 0.209. The van der Waals surface area contributed by atoms with Crippen molar-refractivity contribution in [2.75, 3.05) is 19.6 Å². The zero-order chi connectivity index (χ0) is 26.7. The molecule has 39 heavy (non-hydrogen) atoms. The molecule has 3 N–H and O–H groups in total. The first-order chi connectivity index (χ1) is 19.0. The fourth-order valence-electron chi connectivity index (χ4n) is 8.80. The molecule has 6 aliphatic rings. The lowest BCUT2D eigenvalue weighted by molar-refractivity contribution is -0.219. The van der Waals surface area contributed by atoms with Gasteiger partial charge in [0, 0.05) is 42.7 Å². The van der Waals surface area contributed by atoms with Gasteiger partial charge in [-0.25, -0.2) is 4.39 Å². The first-order valence-corrected chi connectivity index (χ1v) is 16.0. The predicted octanol–water partition coefficient (Wildman–Crippen LogP) is 3.04. The van der Waals surface area contributed by atoms with Crippen LogP contribution in [0, 0.1) is 17.8 Å². The second kappa shape index (κ2) is 10.5. The van der Waals surface area contributed by atoms with Crippen LogP contribution in [0.15, 0.2) is 29.3 Å². The van der Waals surface area contributed by atoms with Gasteiger partial charge in [0.1, 0.15) is 6.17 Å². The van der Waals surface area contributed by atoms with E-state index in [-0.39, 0.29) is 47.9 Å². The summed E-state index contributed by atoms with van der Waals surface area (Å²) in [6, 6.07) is 3.62. The number of hydrogen-bond acceptors (Lipinski definition) is 7. The van der Waals surface area contributed by atoms with Gasteiger partial charge >= 0.3 is 0 Å². The van der Waals surface area contributed by atoms with E-state index in [0.29, 0.717) is 24.9 Å². The van der Waals surface area contributed by atoms with E-state index in [1.165, 1.54) is 30.6 Å². The quantitative estimate of drug-likeness (QED) is 0.543. The topological polar surface area (TPSA) is 87.9 Å². The smallest absolute Gasteiger partial charge is 0.256 e. The minimum absolute atomic E-state index is 0.00270. The van der Waals surface area contributed by atoms with Gasteiger partial charge in [0.15, 0.2) is 5.78 Å². The van der Waals surface area contributed by atoms with E-state index < -0.39 is 24.2 Å². The Balaban J connectivity index is 1.19. The molecule has 3 aliphatic heterocycles. The normalized spacial score (nSPS) is 41.8. The van der Waals surface area contributed by atoms with Crippen LogP contribution >= 0.6 is 11.3 Å². The average molecular weight is 557 g/mol. The Hall–Kier alpha value is -1.81. The number of nitrogens with one attached hydrogen (secondary N) is 1. The van der Waals surface area contributed by atoms with Crippen molar-refractivity contribution >= 4 is 23.0 Å². The van der Waals surface area contributed by atoms with Crippen molar-refractivity contribution in [1.29, 1.82) is 0 Å². The molecule has 7 nitrogen and oxygen atoms in total. The third-order valence-corrected chi connectivity index (χ3v) is 11.5. The van der Waals surface area contributed by atoms with E-state index >= 15 is 4.39 Å². The van der Waals surface area contributed by atoms with E-state index in [2.05, 4.69) is 21.2 Å². The first kappa shape index (κ1) is 26.1. The van der Waals surface area contributed by atoms with Crippen molar-refractivity contribution in [1.82, 2.24) is 15.1 Å². The molecule has 0 spiro atoms. The molecule has 0 radical (unpaired) electrons. The fourth-order valence-corrected chi connectivity index (χ4v) is 9.51. The van der Waals surface area contributed by atoms with Gasteiger partial charge < -0.3 is 20.7 Å². The van der Waals surface area contributed by atoms with Gasteiger partial charge in [0.25, 0.3) is 5.91 Å². The Kier molecular flexibility index (Phi) is 7.06. The van der Waals surface area contributed by atoms with E-state index in [4.69, 9.17) is 10.5 Å². The van der Waals surface area contributed by atoms with Crippen LogP contribution in [0.2, 0.25) is 0 Å². The molecule has 212 valence electrons. The third-order valence-electron chi connectivity index (χ3n) is 10.6.